The van der Waals surface area contributed by atoms with Gasteiger partial charge in [0.15, 0.2) is 0 Å². The highest BCUT2D eigenvalue weighted by molar-refractivity contribution is 4.88. The second kappa shape index (κ2) is 8.16. The van der Waals surface area contributed by atoms with Crippen LogP contribution in [-0.2, 0) is 0 Å². The predicted molar refractivity (Wildman–Crippen MR) is 81.1 cm³/mol. The molecule has 1 aliphatic heterocycles. The van der Waals surface area contributed by atoms with Gasteiger partial charge in [0.2, 0.25) is 0 Å². The van der Waals surface area contributed by atoms with Crippen LogP contribution in [0.2, 0.25) is 0 Å². The number of hydrogen-bond donors (Lipinski definition) is 1. The van der Waals surface area contributed by atoms with Gasteiger partial charge in [0, 0.05) is 25.7 Å². The normalized spacial score (nSPS) is 22.3. The van der Waals surface area contributed by atoms with Gasteiger partial charge in [-0.15, -0.1) is 0 Å². The summed E-state index contributed by atoms with van der Waals surface area (Å²) in [6.45, 7) is 14.3. The molecule has 1 N–H and O–H groups in total. The molecule has 0 amide bonds. The van der Waals surface area contributed by atoms with E-state index in [4.69, 9.17) is 0 Å². The van der Waals surface area contributed by atoms with E-state index in [2.05, 4.69) is 37.9 Å². The summed E-state index contributed by atoms with van der Waals surface area (Å²) < 4.78 is 0. The van der Waals surface area contributed by atoms with Crippen molar-refractivity contribution in [1.29, 1.82) is 0 Å². The van der Waals surface area contributed by atoms with Crippen LogP contribution in [0.25, 0.3) is 0 Å². The Morgan fingerprint density at radius 1 is 1.06 bits per heavy atom. The lowest BCUT2D eigenvalue weighted by Gasteiger charge is -2.43. The van der Waals surface area contributed by atoms with Crippen LogP contribution in [0.5, 0.6) is 0 Å². The molecule has 0 aromatic rings. The predicted octanol–water partition coefficient (Wildman–Crippen LogP) is 3.67. The van der Waals surface area contributed by atoms with Gasteiger partial charge in [-0.05, 0) is 18.4 Å². The van der Waals surface area contributed by atoms with Gasteiger partial charge in [-0.2, -0.15) is 0 Å². The Bertz CT molecular complexity index is 208. The van der Waals surface area contributed by atoms with Gasteiger partial charge in [-0.3, -0.25) is 4.90 Å². The van der Waals surface area contributed by atoms with Crippen molar-refractivity contribution in [2.24, 2.45) is 5.41 Å². The number of nitrogens with zero attached hydrogens (tertiary/aromatic N) is 1. The first-order valence-electron chi connectivity index (χ1n) is 8.00. The molecule has 1 rings (SSSR count). The molecular formula is C16H34N2. The number of rotatable bonds is 7. The molecule has 1 atom stereocenters. The largest absolute Gasteiger partial charge is 0.314 e. The lowest BCUT2D eigenvalue weighted by atomic mass is 9.84. The maximum absolute atomic E-state index is 3.55. The minimum atomic E-state index is 0.398. The van der Waals surface area contributed by atoms with Crippen LogP contribution < -0.4 is 5.32 Å². The van der Waals surface area contributed by atoms with Gasteiger partial charge in [-0.1, -0.05) is 59.8 Å². The molecule has 108 valence electrons. The van der Waals surface area contributed by atoms with E-state index in [-0.39, 0.29) is 0 Å². The fourth-order valence-electron chi connectivity index (χ4n) is 2.96. The van der Waals surface area contributed by atoms with Crippen molar-refractivity contribution in [2.45, 2.75) is 72.3 Å². The summed E-state index contributed by atoms with van der Waals surface area (Å²) in [5.74, 6) is 0. The molecule has 0 spiro atoms. The van der Waals surface area contributed by atoms with Crippen LogP contribution in [0.1, 0.15) is 66.2 Å². The zero-order chi connectivity index (χ0) is 13.4. The van der Waals surface area contributed by atoms with Crippen molar-refractivity contribution >= 4 is 0 Å². The van der Waals surface area contributed by atoms with Gasteiger partial charge in [0.05, 0.1) is 0 Å². The van der Waals surface area contributed by atoms with E-state index < -0.39 is 0 Å². The summed E-state index contributed by atoms with van der Waals surface area (Å²) in [5.41, 5.74) is 0.398. The van der Waals surface area contributed by atoms with Gasteiger partial charge in [-0.25, -0.2) is 0 Å². The Morgan fingerprint density at radius 2 is 1.72 bits per heavy atom. The topological polar surface area (TPSA) is 15.3 Å². The van der Waals surface area contributed by atoms with Gasteiger partial charge in [0.25, 0.3) is 0 Å². The van der Waals surface area contributed by atoms with Crippen LogP contribution in [-0.4, -0.2) is 37.1 Å². The van der Waals surface area contributed by atoms with Gasteiger partial charge >= 0.3 is 0 Å². The molecule has 0 aromatic heterocycles. The van der Waals surface area contributed by atoms with E-state index in [0.29, 0.717) is 11.5 Å². The highest BCUT2D eigenvalue weighted by Crippen LogP contribution is 2.25. The van der Waals surface area contributed by atoms with E-state index in [1.165, 1.54) is 64.7 Å². The molecule has 1 unspecified atom stereocenters. The second-order valence-electron chi connectivity index (χ2n) is 6.89. The van der Waals surface area contributed by atoms with Crippen LogP contribution in [0.3, 0.4) is 0 Å². The Labute approximate surface area is 115 Å². The third-order valence-corrected chi connectivity index (χ3v) is 4.15. The summed E-state index contributed by atoms with van der Waals surface area (Å²) >= 11 is 0. The number of hydrogen-bond acceptors (Lipinski definition) is 2. The average Bonchev–Trinajstić information content (AvgIpc) is 2.33. The Hall–Kier alpha value is -0.0800. The van der Waals surface area contributed by atoms with Crippen molar-refractivity contribution in [1.82, 2.24) is 10.2 Å². The molecule has 2 nitrogen and oxygen atoms in total. The summed E-state index contributed by atoms with van der Waals surface area (Å²) in [6, 6.07) is 0.710. The van der Waals surface area contributed by atoms with Gasteiger partial charge < -0.3 is 5.32 Å². The van der Waals surface area contributed by atoms with Crippen LogP contribution in [0.4, 0.5) is 0 Å². The van der Waals surface area contributed by atoms with Crippen LogP contribution >= 0.6 is 0 Å². The molecule has 1 aliphatic rings. The van der Waals surface area contributed by atoms with Crippen molar-refractivity contribution in [3.8, 4) is 0 Å². The lowest BCUT2D eigenvalue weighted by molar-refractivity contribution is 0.0738. The first-order chi connectivity index (χ1) is 8.55. The number of unbranched alkanes of at least 4 members (excludes halogenated alkanes) is 5. The highest BCUT2D eigenvalue weighted by atomic mass is 15.2. The molecule has 1 saturated heterocycles. The minimum Gasteiger partial charge on any atom is -0.314 e. The number of piperazine rings is 1. The van der Waals surface area contributed by atoms with Crippen molar-refractivity contribution in [2.75, 3.05) is 26.2 Å². The van der Waals surface area contributed by atoms with E-state index in [1.54, 1.807) is 0 Å². The molecule has 2 heteroatoms. The highest BCUT2D eigenvalue weighted by Gasteiger charge is 2.31. The fourth-order valence-corrected chi connectivity index (χ4v) is 2.96. The third-order valence-electron chi connectivity index (χ3n) is 4.15. The monoisotopic (exact) mass is 254 g/mol. The van der Waals surface area contributed by atoms with Crippen molar-refractivity contribution in [3.63, 3.8) is 0 Å². The van der Waals surface area contributed by atoms with Crippen molar-refractivity contribution in [3.05, 3.63) is 0 Å². The molecule has 1 heterocycles. The molecule has 0 radical (unpaired) electrons. The summed E-state index contributed by atoms with van der Waals surface area (Å²) in [4.78, 5) is 2.72. The smallest absolute Gasteiger partial charge is 0.0269 e. The van der Waals surface area contributed by atoms with E-state index >= 15 is 0 Å². The zero-order valence-electron chi connectivity index (χ0n) is 13.1. The first-order valence-corrected chi connectivity index (χ1v) is 8.00. The number of nitrogens with one attached hydrogen (secondary N) is 1. The van der Waals surface area contributed by atoms with Crippen molar-refractivity contribution < 1.29 is 0 Å². The van der Waals surface area contributed by atoms with E-state index in [0.717, 1.165) is 0 Å². The Kier molecular flexibility index (Phi) is 7.25. The third kappa shape index (κ3) is 5.71. The molecular weight excluding hydrogens is 220 g/mol. The molecule has 0 aromatic carbocycles. The second-order valence-corrected chi connectivity index (χ2v) is 6.89. The van der Waals surface area contributed by atoms with Gasteiger partial charge in [0.1, 0.15) is 0 Å². The molecule has 1 fully saturated rings. The summed E-state index contributed by atoms with van der Waals surface area (Å²) in [5, 5.41) is 3.55. The molecule has 0 bridgehead atoms. The van der Waals surface area contributed by atoms with Crippen LogP contribution in [0.15, 0.2) is 0 Å². The maximum Gasteiger partial charge on any atom is 0.0269 e. The Balaban J connectivity index is 2.21. The quantitative estimate of drug-likeness (QED) is 0.697. The Morgan fingerprint density at radius 3 is 2.39 bits per heavy atom. The SMILES string of the molecule is CCCCCCCCN1CCNCC1C(C)(C)C. The fraction of sp³-hybridized carbons (Fsp3) is 1.00. The molecule has 18 heavy (non-hydrogen) atoms. The standard InChI is InChI=1S/C16H34N2/c1-5-6-7-8-9-10-12-18-13-11-17-14-15(18)16(2,3)4/h15,17H,5-14H2,1-4H3. The maximum atomic E-state index is 3.55. The zero-order valence-corrected chi connectivity index (χ0v) is 13.1. The van der Waals surface area contributed by atoms with E-state index in [9.17, 15) is 0 Å². The average molecular weight is 254 g/mol. The molecule has 0 saturated carbocycles. The van der Waals surface area contributed by atoms with E-state index in [1.807, 2.05) is 0 Å². The summed E-state index contributed by atoms with van der Waals surface area (Å²) in [7, 11) is 0. The summed E-state index contributed by atoms with van der Waals surface area (Å²) in [6.07, 6.45) is 8.43. The molecule has 0 aliphatic carbocycles. The minimum absolute atomic E-state index is 0.398. The van der Waals surface area contributed by atoms with Crippen LogP contribution in [0, 0.1) is 5.41 Å². The first kappa shape index (κ1) is 16.0. The lowest BCUT2D eigenvalue weighted by Crippen LogP contribution is -2.56.